The molecule has 0 aromatic heterocycles. The van der Waals surface area contributed by atoms with Crippen molar-refractivity contribution in [1.29, 1.82) is 0 Å². The van der Waals surface area contributed by atoms with Gasteiger partial charge in [0, 0.05) is 12.2 Å². The van der Waals surface area contributed by atoms with Gasteiger partial charge in [0.15, 0.2) is 0 Å². The molecule has 1 aliphatic carbocycles. The maximum atomic E-state index is 12.9. The number of amides is 3. The Bertz CT molecular complexity index is 688. The number of rotatable bonds is 7. The topological polar surface area (TPSA) is 113 Å². The Morgan fingerprint density at radius 1 is 1.04 bits per heavy atom. The summed E-state index contributed by atoms with van der Waals surface area (Å²) in [4.78, 5) is 36.0. The van der Waals surface area contributed by atoms with Crippen molar-refractivity contribution in [2.45, 2.75) is 39.5 Å². The first kappa shape index (κ1) is 22.9. The number of hydrogen-bond acceptors (Lipinski definition) is 4. The first-order valence-corrected chi connectivity index (χ1v) is 8.98. The number of carbonyl (C=O) groups excluding carboxylic acids is 3. The lowest BCUT2D eigenvalue weighted by Gasteiger charge is -2.28. The van der Waals surface area contributed by atoms with E-state index in [0.717, 1.165) is 36.9 Å². The van der Waals surface area contributed by atoms with Crippen molar-refractivity contribution in [2.75, 3.05) is 25.0 Å². The van der Waals surface area contributed by atoms with E-state index in [0.29, 0.717) is 0 Å². The molecule has 7 nitrogen and oxygen atoms in total. The maximum Gasteiger partial charge on any atom is 0.239 e. The molecule has 150 valence electrons. The maximum absolute atomic E-state index is 12.9. The van der Waals surface area contributed by atoms with Gasteiger partial charge in [0.05, 0.1) is 18.5 Å². The van der Waals surface area contributed by atoms with Crippen LogP contribution in [0.3, 0.4) is 0 Å². The average molecular weight is 397 g/mol. The van der Waals surface area contributed by atoms with Crippen molar-refractivity contribution < 1.29 is 14.4 Å². The molecule has 0 saturated heterocycles. The van der Waals surface area contributed by atoms with Crippen LogP contribution in [0, 0.1) is 19.3 Å². The number of anilines is 1. The van der Waals surface area contributed by atoms with Crippen molar-refractivity contribution in [2.24, 2.45) is 11.1 Å². The lowest BCUT2D eigenvalue weighted by atomic mass is 9.84. The second-order valence-electron chi connectivity index (χ2n) is 7.00. The molecule has 3 amide bonds. The monoisotopic (exact) mass is 396 g/mol. The van der Waals surface area contributed by atoms with E-state index in [2.05, 4.69) is 16.0 Å². The molecule has 0 spiro atoms. The minimum absolute atomic E-state index is 0. The molecule has 1 aliphatic rings. The number of hydrogen-bond donors (Lipinski definition) is 4. The van der Waals surface area contributed by atoms with Crippen LogP contribution >= 0.6 is 12.4 Å². The Morgan fingerprint density at radius 3 is 2.30 bits per heavy atom. The van der Waals surface area contributed by atoms with Gasteiger partial charge in [0.1, 0.15) is 0 Å². The summed E-state index contributed by atoms with van der Waals surface area (Å²) in [7, 11) is 0. The average Bonchev–Trinajstić information content (AvgIpc) is 3.11. The Balaban J connectivity index is 0.00000364. The van der Waals surface area contributed by atoms with Crippen LogP contribution in [0.1, 0.15) is 36.8 Å². The van der Waals surface area contributed by atoms with Gasteiger partial charge in [-0.05, 0) is 49.9 Å². The molecule has 27 heavy (non-hydrogen) atoms. The number of nitrogens with one attached hydrogen (secondary N) is 3. The third-order valence-electron chi connectivity index (χ3n) is 5.06. The molecular formula is C19H29ClN4O3. The summed E-state index contributed by atoms with van der Waals surface area (Å²) in [6, 6.07) is 5.83. The Hall–Kier alpha value is -2.12. The van der Waals surface area contributed by atoms with Crippen LogP contribution in [-0.2, 0) is 14.4 Å². The van der Waals surface area contributed by atoms with Gasteiger partial charge < -0.3 is 21.7 Å². The quantitative estimate of drug-likeness (QED) is 0.558. The Kier molecular flexibility index (Phi) is 8.72. The molecule has 1 aromatic carbocycles. The summed E-state index contributed by atoms with van der Waals surface area (Å²) in [5, 5.41) is 8.20. The zero-order valence-electron chi connectivity index (χ0n) is 15.9. The van der Waals surface area contributed by atoms with Crippen molar-refractivity contribution in [3.63, 3.8) is 0 Å². The van der Waals surface area contributed by atoms with E-state index in [1.165, 1.54) is 5.56 Å². The zero-order chi connectivity index (χ0) is 19.2. The predicted octanol–water partition coefficient (Wildman–Crippen LogP) is 1.42. The van der Waals surface area contributed by atoms with Gasteiger partial charge in [-0.1, -0.05) is 18.9 Å². The lowest BCUT2D eigenvalue weighted by molar-refractivity contribution is -0.128. The van der Waals surface area contributed by atoms with E-state index in [1.807, 2.05) is 32.0 Å². The highest BCUT2D eigenvalue weighted by Gasteiger charge is 2.41. The normalized spacial score (nSPS) is 14.8. The molecule has 8 heteroatoms. The molecule has 0 unspecified atom stereocenters. The zero-order valence-corrected chi connectivity index (χ0v) is 16.7. The van der Waals surface area contributed by atoms with E-state index in [9.17, 15) is 14.4 Å². The van der Waals surface area contributed by atoms with Crippen LogP contribution in [0.5, 0.6) is 0 Å². The Labute approximate surface area is 166 Å². The second kappa shape index (κ2) is 10.3. The number of nitrogens with two attached hydrogens (primary N) is 1. The first-order valence-electron chi connectivity index (χ1n) is 8.98. The van der Waals surface area contributed by atoms with Gasteiger partial charge in [-0.3, -0.25) is 14.4 Å². The van der Waals surface area contributed by atoms with Gasteiger partial charge in [-0.25, -0.2) is 0 Å². The summed E-state index contributed by atoms with van der Waals surface area (Å²) in [6.45, 7) is 4.01. The van der Waals surface area contributed by atoms with Gasteiger partial charge in [0.2, 0.25) is 17.7 Å². The minimum atomic E-state index is -0.605. The molecule has 0 aliphatic heterocycles. The predicted molar refractivity (Wildman–Crippen MR) is 108 cm³/mol. The van der Waals surface area contributed by atoms with Crippen LogP contribution in [0.25, 0.3) is 0 Å². The van der Waals surface area contributed by atoms with Crippen LogP contribution in [0.2, 0.25) is 0 Å². The number of carbonyl (C=O) groups is 3. The molecule has 1 aromatic rings. The molecule has 0 atom stereocenters. The van der Waals surface area contributed by atoms with Gasteiger partial charge in [-0.2, -0.15) is 0 Å². The summed E-state index contributed by atoms with van der Waals surface area (Å²) < 4.78 is 0. The molecule has 2 rings (SSSR count). The van der Waals surface area contributed by atoms with Gasteiger partial charge >= 0.3 is 0 Å². The molecule has 0 bridgehead atoms. The third kappa shape index (κ3) is 6.22. The van der Waals surface area contributed by atoms with Crippen LogP contribution in [0.4, 0.5) is 5.69 Å². The highest BCUT2D eigenvalue weighted by Crippen LogP contribution is 2.38. The molecule has 1 fully saturated rings. The van der Waals surface area contributed by atoms with E-state index in [1.54, 1.807) is 0 Å². The van der Waals surface area contributed by atoms with E-state index in [4.69, 9.17) is 5.73 Å². The summed E-state index contributed by atoms with van der Waals surface area (Å²) >= 11 is 0. The summed E-state index contributed by atoms with van der Waals surface area (Å²) in [5.41, 5.74) is 7.64. The van der Waals surface area contributed by atoms with E-state index >= 15 is 0 Å². The van der Waals surface area contributed by atoms with E-state index < -0.39 is 5.41 Å². The molecule has 1 saturated carbocycles. The summed E-state index contributed by atoms with van der Waals surface area (Å²) in [6.07, 6.45) is 3.39. The largest absolute Gasteiger partial charge is 0.353 e. The SMILES string of the molecule is Cc1ccc(NC(=O)C2(CNC(=O)CNC(=O)CN)CCCC2)cc1C.Cl. The number of aryl methyl sites for hydroxylation is 2. The van der Waals surface area contributed by atoms with E-state index in [-0.39, 0.29) is 49.8 Å². The molecule has 5 N–H and O–H groups in total. The molecular weight excluding hydrogens is 368 g/mol. The molecule has 0 heterocycles. The third-order valence-corrected chi connectivity index (χ3v) is 5.06. The van der Waals surface area contributed by atoms with Crippen molar-refractivity contribution >= 4 is 35.8 Å². The van der Waals surface area contributed by atoms with Crippen LogP contribution in [0.15, 0.2) is 18.2 Å². The highest BCUT2D eigenvalue weighted by atomic mass is 35.5. The van der Waals surface area contributed by atoms with Gasteiger partial charge in [-0.15, -0.1) is 12.4 Å². The Morgan fingerprint density at radius 2 is 1.70 bits per heavy atom. The van der Waals surface area contributed by atoms with Crippen molar-refractivity contribution in [3.05, 3.63) is 29.3 Å². The fourth-order valence-corrected chi connectivity index (χ4v) is 3.20. The minimum Gasteiger partial charge on any atom is -0.353 e. The molecule has 0 radical (unpaired) electrons. The fraction of sp³-hybridized carbons (Fsp3) is 0.526. The highest BCUT2D eigenvalue weighted by molar-refractivity contribution is 5.96. The first-order chi connectivity index (χ1) is 12.4. The van der Waals surface area contributed by atoms with Crippen LogP contribution < -0.4 is 21.7 Å². The second-order valence-corrected chi connectivity index (χ2v) is 7.00. The summed E-state index contributed by atoms with van der Waals surface area (Å²) in [5.74, 6) is -0.773. The van der Waals surface area contributed by atoms with Crippen molar-refractivity contribution in [3.8, 4) is 0 Å². The van der Waals surface area contributed by atoms with Crippen LogP contribution in [-0.4, -0.2) is 37.4 Å². The smallest absolute Gasteiger partial charge is 0.239 e. The fourth-order valence-electron chi connectivity index (χ4n) is 3.20. The number of benzene rings is 1. The standard InChI is InChI=1S/C19H28N4O3.ClH/c1-13-5-6-15(9-14(13)2)23-18(26)19(7-3-4-8-19)12-22-17(25)11-21-16(24)10-20;/h5-6,9H,3-4,7-8,10-12,20H2,1-2H3,(H,21,24)(H,22,25)(H,23,26);1H. The van der Waals surface area contributed by atoms with Gasteiger partial charge in [0.25, 0.3) is 0 Å². The van der Waals surface area contributed by atoms with Crippen molar-refractivity contribution in [1.82, 2.24) is 10.6 Å². The number of halogens is 1. The lowest BCUT2D eigenvalue weighted by Crippen LogP contribution is -2.47.